The van der Waals surface area contributed by atoms with E-state index < -0.39 is 5.41 Å². The normalized spacial score (nSPS) is 18.1. The molecule has 1 aliphatic rings. The first-order valence-electron chi connectivity index (χ1n) is 6.87. The zero-order valence-corrected chi connectivity index (χ0v) is 12.0. The molecule has 0 aromatic carbocycles. The third kappa shape index (κ3) is 2.52. The largest absolute Gasteiger partial charge is 0.469 e. The van der Waals surface area contributed by atoms with Gasteiger partial charge in [-0.3, -0.25) is 9.48 Å². The number of rotatable bonds is 6. The Bertz CT molecular complexity index is 465. The number of nitrogens with two attached hydrogens (primary N) is 1. The highest BCUT2D eigenvalue weighted by Gasteiger charge is 2.51. The zero-order valence-electron chi connectivity index (χ0n) is 12.0. The second-order valence-electron chi connectivity index (χ2n) is 5.41. The summed E-state index contributed by atoms with van der Waals surface area (Å²) in [5.74, 6) is 0.168. The molecule has 1 atom stereocenters. The Kier molecular flexibility index (Phi) is 3.94. The summed E-state index contributed by atoms with van der Waals surface area (Å²) in [6.07, 6.45) is 3.63. The molecule has 2 rings (SSSR count). The van der Waals surface area contributed by atoms with Crippen LogP contribution in [0.1, 0.15) is 31.2 Å². The van der Waals surface area contributed by atoms with Crippen molar-refractivity contribution in [3.63, 3.8) is 0 Å². The minimum atomic E-state index is -0.576. The number of aryl methyl sites for hydroxylation is 2. The Hall–Kier alpha value is -1.36. The van der Waals surface area contributed by atoms with E-state index in [2.05, 4.69) is 18.1 Å². The Morgan fingerprint density at radius 3 is 2.74 bits per heavy atom. The van der Waals surface area contributed by atoms with Gasteiger partial charge in [-0.15, -0.1) is 0 Å². The molecule has 0 bridgehead atoms. The molecule has 1 aromatic rings. The minimum Gasteiger partial charge on any atom is -0.469 e. The standard InChI is InChI=1S/C14H23N3O2/c1-4-11-7-12(17(2)16-11)8-14(9-15,10-5-6-10)13(18)19-3/h7,10H,4-6,8-9,15H2,1-3H3. The van der Waals surface area contributed by atoms with Gasteiger partial charge in [-0.2, -0.15) is 5.10 Å². The van der Waals surface area contributed by atoms with Crippen LogP contribution in [0.3, 0.4) is 0 Å². The molecule has 1 aromatic heterocycles. The number of hydrogen-bond donors (Lipinski definition) is 1. The minimum absolute atomic E-state index is 0.184. The monoisotopic (exact) mass is 265 g/mol. The Balaban J connectivity index is 2.29. The van der Waals surface area contributed by atoms with E-state index in [4.69, 9.17) is 10.5 Å². The maximum atomic E-state index is 12.2. The van der Waals surface area contributed by atoms with E-state index in [9.17, 15) is 4.79 Å². The van der Waals surface area contributed by atoms with Gasteiger partial charge in [-0.05, 0) is 31.2 Å². The van der Waals surface area contributed by atoms with Gasteiger partial charge in [0.05, 0.1) is 18.2 Å². The molecule has 1 aliphatic carbocycles. The summed E-state index contributed by atoms with van der Waals surface area (Å²) in [5, 5.41) is 4.44. The fourth-order valence-corrected chi connectivity index (χ4v) is 2.78. The number of carbonyl (C=O) groups excluding carboxylic acids is 1. The lowest BCUT2D eigenvalue weighted by Crippen LogP contribution is -2.44. The van der Waals surface area contributed by atoms with Crippen molar-refractivity contribution in [3.05, 3.63) is 17.5 Å². The number of aromatic nitrogens is 2. The van der Waals surface area contributed by atoms with Crippen molar-refractivity contribution >= 4 is 5.97 Å². The predicted molar refractivity (Wildman–Crippen MR) is 72.5 cm³/mol. The lowest BCUT2D eigenvalue weighted by molar-refractivity contribution is -0.153. The molecule has 0 saturated heterocycles. The van der Waals surface area contributed by atoms with Crippen molar-refractivity contribution in [2.24, 2.45) is 24.1 Å². The molecule has 106 valence electrons. The molecule has 0 aliphatic heterocycles. The summed E-state index contributed by atoms with van der Waals surface area (Å²) in [5.41, 5.74) is 7.46. The van der Waals surface area contributed by atoms with Gasteiger partial charge < -0.3 is 10.5 Å². The summed E-state index contributed by atoms with van der Waals surface area (Å²) in [6, 6.07) is 2.07. The van der Waals surface area contributed by atoms with Crippen LogP contribution in [0.4, 0.5) is 0 Å². The number of nitrogens with zero attached hydrogens (tertiary/aromatic N) is 2. The summed E-state index contributed by atoms with van der Waals surface area (Å²) in [4.78, 5) is 12.2. The van der Waals surface area contributed by atoms with Crippen molar-refractivity contribution in [2.75, 3.05) is 13.7 Å². The van der Waals surface area contributed by atoms with Gasteiger partial charge in [0.1, 0.15) is 0 Å². The molecular formula is C14H23N3O2. The van der Waals surface area contributed by atoms with E-state index in [-0.39, 0.29) is 5.97 Å². The lowest BCUT2D eigenvalue weighted by Gasteiger charge is -2.29. The summed E-state index contributed by atoms with van der Waals surface area (Å²) in [6.45, 7) is 2.40. The van der Waals surface area contributed by atoms with Crippen molar-refractivity contribution in [1.29, 1.82) is 0 Å². The molecule has 2 N–H and O–H groups in total. The van der Waals surface area contributed by atoms with E-state index in [0.717, 1.165) is 30.7 Å². The molecule has 0 spiro atoms. The number of hydrogen-bond acceptors (Lipinski definition) is 4. The van der Waals surface area contributed by atoms with Crippen LogP contribution in [0, 0.1) is 11.3 Å². The third-order valence-electron chi connectivity index (χ3n) is 4.20. The van der Waals surface area contributed by atoms with E-state index in [0.29, 0.717) is 18.9 Å². The van der Waals surface area contributed by atoms with Crippen LogP contribution in [0.2, 0.25) is 0 Å². The maximum Gasteiger partial charge on any atom is 0.313 e. The molecule has 5 nitrogen and oxygen atoms in total. The predicted octanol–water partition coefficient (Wildman–Crippen LogP) is 1.05. The highest BCUT2D eigenvalue weighted by atomic mass is 16.5. The number of methoxy groups -OCH3 is 1. The fraction of sp³-hybridized carbons (Fsp3) is 0.714. The number of carbonyl (C=O) groups is 1. The van der Waals surface area contributed by atoms with E-state index in [1.807, 2.05) is 11.7 Å². The Morgan fingerprint density at radius 2 is 2.32 bits per heavy atom. The lowest BCUT2D eigenvalue weighted by atomic mass is 9.78. The second kappa shape index (κ2) is 5.33. The van der Waals surface area contributed by atoms with Crippen LogP contribution < -0.4 is 5.73 Å². The van der Waals surface area contributed by atoms with Crippen LogP contribution in [-0.2, 0) is 29.4 Å². The Labute approximate surface area is 114 Å². The van der Waals surface area contributed by atoms with Crippen molar-refractivity contribution in [2.45, 2.75) is 32.6 Å². The molecular weight excluding hydrogens is 242 g/mol. The quantitative estimate of drug-likeness (QED) is 0.781. The first-order valence-corrected chi connectivity index (χ1v) is 6.87. The smallest absolute Gasteiger partial charge is 0.313 e. The summed E-state index contributed by atoms with van der Waals surface area (Å²) >= 11 is 0. The summed E-state index contributed by atoms with van der Waals surface area (Å²) < 4.78 is 6.86. The maximum absolute atomic E-state index is 12.2. The zero-order chi connectivity index (χ0) is 14.0. The van der Waals surface area contributed by atoms with Gasteiger partial charge in [0, 0.05) is 25.7 Å². The van der Waals surface area contributed by atoms with Gasteiger partial charge in [-0.1, -0.05) is 6.92 Å². The molecule has 0 radical (unpaired) electrons. The topological polar surface area (TPSA) is 70.1 Å². The van der Waals surface area contributed by atoms with Crippen LogP contribution in [0.25, 0.3) is 0 Å². The molecule has 1 fully saturated rings. The average Bonchev–Trinajstić information content (AvgIpc) is 3.21. The van der Waals surface area contributed by atoms with Gasteiger partial charge in [0.25, 0.3) is 0 Å². The first-order chi connectivity index (χ1) is 9.07. The van der Waals surface area contributed by atoms with Crippen LogP contribution in [-0.4, -0.2) is 29.4 Å². The average molecular weight is 265 g/mol. The third-order valence-corrected chi connectivity index (χ3v) is 4.20. The first kappa shape index (κ1) is 14.1. The van der Waals surface area contributed by atoms with Crippen molar-refractivity contribution < 1.29 is 9.53 Å². The summed E-state index contributed by atoms with van der Waals surface area (Å²) in [7, 11) is 3.36. The van der Waals surface area contributed by atoms with E-state index >= 15 is 0 Å². The highest BCUT2D eigenvalue weighted by molar-refractivity contribution is 5.78. The van der Waals surface area contributed by atoms with E-state index in [1.165, 1.54) is 7.11 Å². The van der Waals surface area contributed by atoms with Crippen LogP contribution >= 0.6 is 0 Å². The molecule has 1 saturated carbocycles. The Morgan fingerprint density at radius 1 is 1.63 bits per heavy atom. The van der Waals surface area contributed by atoms with Gasteiger partial charge in [0.15, 0.2) is 0 Å². The van der Waals surface area contributed by atoms with Gasteiger partial charge in [0.2, 0.25) is 0 Å². The molecule has 19 heavy (non-hydrogen) atoms. The van der Waals surface area contributed by atoms with Gasteiger partial charge >= 0.3 is 5.97 Å². The van der Waals surface area contributed by atoms with Crippen LogP contribution in [0.5, 0.6) is 0 Å². The van der Waals surface area contributed by atoms with E-state index in [1.54, 1.807) is 0 Å². The van der Waals surface area contributed by atoms with Crippen LogP contribution in [0.15, 0.2) is 6.07 Å². The molecule has 0 amide bonds. The molecule has 1 unspecified atom stereocenters. The highest BCUT2D eigenvalue weighted by Crippen LogP contribution is 2.47. The molecule has 5 heteroatoms. The fourth-order valence-electron chi connectivity index (χ4n) is 2.78. The number of esters is 1. The van der Waals surface area contributed by atoms with Crippen molar-refractivity contribution in [1.82, 2.24) is 9.78 Å². The SMILES string of the molecule is CCc1cc(CC(CN)(C(=O)OC)C2CC2)n(C)n1. The number of ether oxygens (including phenoxy) is 1. The molecule has 1 heterocycles. The van der Waals surface area contributed by atoms with Crippen molar-refractivity contribution in [3.8, 4) is 0 Å². The van der Waals surface area contributed by atoms with Gasteiger partial charge in [-0.25, -0.2) is 0 Å². The second-order valence-corrected chi connectivity index (χ2v) is 5.41.